The molecule has 0 aromatic carbocycles. The van der Waals surface area contributed by atoms with Crippen LogP contribution in [0.3, 0.4) is 0 Å². The molecule has 0 fully saturated rings. The topological polar surface area (TPSA) is 26.3 Å². The van der Waals surface area contributed by atoms with Crippen LogP contribution in [0, 0.1) is 0 Å². The van der Waals surface area contributed by atoms with Crippen LogP contribution in [-0.2, 0) is 9.53 Å². The van der Waals surface area contributed by atoms with E-state index in [0.717, 1.165) is 0 Å². The molecule has 0 saturated carbocycles. The smallest absolute Gasteiger partial charge is 0.333 e. The van der Waals surface area contributed by atoms with Crippen molar-refractivity contribution in [1.29, 1.82) is 0 Å². The van der Waals surface area contributed by atoms with E-state index in [4.69, 9.17) is 4.74 Å². The molecule has 0 aliphatic rings. The quantitative estimate of drug-likeness (QED) is 0.401. The predicted molar refractivity (Wildman–Crippen MR) is 48.8 cm³/mol. The van der Waals surface area contributed by atoms with Gasteiger partial charge in [0.2, 0.25) is 0 Å². The van der Waals surface area contributed by atoms with Crippen LogP contribution in [0.5, 0.6) is 0 Å². The SMILES string of the molecule is C=C(C)C(=O)OC(C)(C)CS. The highest BCUT2D eigenvalue weighted by Gasteiger charge is 2.20. The van der Waals surface area contributed by atoms with Gasteiger partial charge in [-0.15, -0.1) is 0 Å². The van der Waals surface area contributed by atoms with E-state index in [-0.39, 0.29) is 5.97 Å². The van der Waals surface area contributed by atoms with Crippen LogP contribution in [0.4, 0.5) is 0 Å². The highest BCUT2D eigenvalue weighted by Crippen LogP contribution is 2.12. The van der Waals surface area contributed by atoms with Gasteiger partial charge in [0.1, 0.15) is 5.60 Å². The lowest BCUT2D eigenvalue weighted by Gasteiger charge is -2.22. The van der Waals surface area contributed by atoms with Gasteiger partial charge in [-0.2, -0.15) is 12.6 Å². The van der Waals surface area contributed by atoms with Gasteiger partial charge < -0.3 is 4.74 Å². The first-order valence-corrected chi connectivity index (χ1v) is 4.02. The fourth-order valence-electron chi connectivity index (χ4n) is 0.370. The molecule has 0 saturated heterocycles. The molecule has 3 heteroatoms. The average Bonchev–Trinajstić information content (AvgIpc) is 1.87. The molecule has 0 aliphatic carbocycles. The fraction of sp³-hybridized carbons (Fsp3) is 0.625. The number of hydrogen-bond donors (Lipinski definition) is 1. The second-order valence-corrected chi connectivity index (χ2v) is 3.40. The Bertz CT molecular complexity index is 173. The minimum Gasteiger partial charge on any atom is -0.455 e. The second kappa shape index (κ2) is 3.81. The Morgan fingerprint density at radius 2 is 2.09 bits per heavy atom. The molecule has 2 nitrogen and oxygen atoms in total. The van der Waals surface area contributed by atoms with E-state index in [9.17, 15) is 4.79 Å². The van der Waals surface area contributed by atoms with E-state index in [2.05, 4.69) is 19.2 Å². The maximum Gasteiger partial charge on any atom is 0.333 e. The number of rotatable bonds is 3. The Kier molecular flexibility index (Phi) is 3.66. The van der Waals surface area contributed by atoms with E-state index < -0.39 is 5.60 Å². The summed E-state index contributed by atoms with van der Waals surface area (Å²) in [6.45, 7) is 8.71. The van der Waals surface area contributed by atoms with Crippen LogP contribution in [0.15, 0.2) is 12.2 Å². The number of hydrogen-bond acceptors (Lipinski definition) is 3. The molecule has 0 aromatic heterocycles. The van der Waals surface area contributed by atoms with Crippen molar-refractivity contribution in [2.24, 2.45) is 0 Å². The van der Waals surface area contributed by atoms with Gasteiger partial charge in [0, 0.05) is 11.3 Å². The average molecular weight is 174 g/mol. The van der Waals surface area contributed by atoms with E-state index in [0.29, 0.717) is 11.3 Å². The Morgan fingerprint density at radius 3 is 2.36 bits per heavy atom. The fourth-order valence-corrected chi connectivity index (χ4v) is 0.435. The van der Waals surface area contributed by atoms with Crippen molar-refractivity contribution in [2.75, 3.05) is 5.75 Å². The van der Waals surface area contributed by atoms with Crippen molar-refractivity contribution >= 4 is 18.6 Å². The van der Waals surface area contributed by atoms with Gasteiger partial charge in [0.15, 0.2) is 0 Å². The van der Waals surface area contributed by atoms with Crippen LogP contribution in [0.25, 0.3) is 0 Å². The van der Waals surface area contributed by atoms with Gasteiger partial charge in [-0.3, -0.25) is 0 Å². The summed E-state index contributed by atoms with van der Waals surface area (Å²) in [4.78, 5) is 11.0. The summed E-state index contributed by atoms with van der Waals surface area (Å²) in [6.07, 6.45) is 0. The van der Waals surface area contributed by atoms with Gasteiger partial charge >= 0.3 is 5.97 Å². The van der Waals surface area contributed by atoms with Crippen molar-refractivity contribution in [3.8, 4) is 0 Å². The van der Waals surface area contributed by atoms with E-state index in [1.54, 1.807) is 20.8 Å². The van der Waals surface area contributed by atoms with Crippen molar-refractivity contribution in [3.63, 3.8) is 0 Å². The van der Waals surface area contributed by atoms with E-state index in [1.807, 2.05) is 0 Å². The van der Waals surface area contributed by atoms with Crippen molar-refractivity contribution in [3.05, 3.63) is 12.2 Å². The monoisotopic (exact) mass is 174 g/mol. The minimum atomic E-state index is -0.501. The largest absolute Gasteiger partial charge is 0.455 e. The molecule has 0 amide bonds. The zero-order chi connectivity index (χ0) is 9.07. The lowest BCUT2D eigenvalue weighted by atomic mass is 10.2. The van der Waals surface area contributed by atoms with Crippen LogP contribution in [0.2, 0.25) is 0 Å². The predicted octanol–water partition coefficient (Wildman–Crippen LogP) is 1.81. The molecular formula is C8H14O2S. The summed E-state index contributed by atoms with van der Waals surface area (Å²) in [5, 5.41) is 0. The first-order valence-electron chi connectivity index (χ1n) is 3.39. The van der Waals surface area contributed by atoms with Gasteiger partial charge in [0.05, 0.1) is 0 Å². The van der Waals surface area contributed by atoms with Gasteiger partial charge in [-0.1, -0.05) is 6.58 Å². The lowest BCUT2D eigenvalue weighted by Crippen LogP contribution is -2.30. The van der Waals surface area contributed by atoms with E-state index in [1.165, 1.54) is 0 Å². The van der Waals surface area contributed by atoms with Crippen molar-refractivity contribution < 1.29 is 9.53 Å². The number of ether oxygens (including phenoxy) is 1. The lowest BCUT2D eigenvalue weighted by molar-refractivity contribution is -0.149. The third-order valence-electron chi connectivity index (χ3n) is 1.10. The Balaban J connectivity index is 4.04. The molecule has 0 bridgehead atoms. The molecule has 0 N–H and O–H groups in total. The standard InChI is InChI=1S/C8H14O2S/c1-6(2)7(9)10-8(3,4)5-11/h11H,1,5H2,2-4H3. The highest BCUT2D eigenvalue weighted by molar-refractivity contribution is 7.80. The van der Waals surface area contributed by atoms with Crippen LogP contribution >= 0.6 is 12.6 Å². The van der Waals surface area contributed by atoms with Gasteiger partial charge in [0.25, 0.3) is 0 Å². The zero-order valence-corrected chi connectivity index (χ0v) is 8.07. The summed E-state index contributed by atoms with van der Waals surface area (Å²) >= 11 is 4.04. The van der Waals surface area contributed by atoms with Gasteiger partial charge in [-0.05, 0) is 20.8 Å². The molecule has 0 unspecified atom stereocenters. The first-order chi connectivity index (χ1) is 4.89. The molecule has 0 aliphatic heterocycles. The summed E-state index contributed by atoms with van der Waals surface area (Å²) in [5.74, 6) is 0.149. The number of esters is 1. The Hall–Kier alpha value is -0.440. The molecule has 64 valence electrons. The third-order valence-corrected chi connectivity index (χ3v) is 1.86. The maximum absolute atomic E-state index is 11.0. The molecule has 0 heterocycles. The third kappa shape index (κ3) is 4.09. The van der Waals surface area contributed by atoms with Crippen LogP contribution in [-0.4, -0.2) is 17.3 Å². The first kappa shape index (κ1) is 10.6. The molecule has 0 aromatic rings. The summed E-state index contributed by atoms with van der Waals surface area (Å²) in [7, 11) is 0. The van der Waals surface area contributed by atoms with Gasteiger partial charge in [-0.25, -0.2) is 4.79 Å². The normalized spacial score (nSPS) is 10.9. The zero-order valence-electron chi connectivity index (χ0n) is 7.18. The van der Waals surface area contributed by atoms with Crippen molar-refractivity contribution in [2.45, 2.75) is 26.4 Å². The Morgan fingerprint density at radius 1 is 1.64 bits per heavy atom. The second-order valence-electron chi connectivity index (χ2n) is 3.09. The number of thiol groups is 1. The highest BCUT2D eigenvalue weighted by atomic mass is 32.1. The molecule has 0 atom stereocenters. The molecule has 0 rings (SSSR count). The number of carbonyl (C=O) groups is 1. The van der Waals surface area contributed by atoms with Crippen LogP contribution < -0.4 is 0 Å². The number of carbonyl (C=O) groups excluding carboxylic acids is 1. The molecule has 0 radical (unpaired) electrons. The maximum atomic E-state index is 11.0. The summed E-state index contributed by atoms with van der Waals surface area (Å²) in [5.41, 5.74) is -0.0843. The molecule has 0 spiro atoms. The van der Waals surface area contributed by atoms with E-state index >= 15 is 0 Å². The summed E-state index contributed by atoms with van der Waals surface area (Å²) < 4.78 is 5.03. The molecule has 11 heavy (non-hydrogen) atoms. The Labute approximate surface area is 73.0 Å². The van der Waals surface area contributed by atoms with Crippen LogP contribution in [0.1, 0.15) is 20.8 Å². The summed E-state index contributed by atoms with van der Waals surface area (Å²) in [6, 6.07) is 0. The minimum absolute atomic E-state index is 0.357. The molecular weight excluding hydrogens is 160 g/mol. The van der Waals surface area contributed by atoms with Crippen molar-refractivity contribution in [1.82, 2.24) is 0 Å².